The van der Waals surface area contributed by atoms with Gasteiger partial charge < -0.3 is 10.0 Å². The first-order chi connectivity index (χ1) is 7.67. The zero-order valence-electron chi connectivity index (χ0n) is 10.1. The van der Waals surface area contributed by atoms with Gasteiger partial charge in [-0.3, -0.25) is 4.72 Å². The molecule has 0 amide bonds. The van der Waals surface area contributed by atoms with E-state index in [-0.39, 0.29) is 36.2 Å². The molecule has 0 unspecified atom stereocenters. The van der Waals surface area contributed by atoms with Gasteiger partial charge in [0, 0.05) is 54.0 Å². The van der Waals surface area contributed by atoms with Crippen molar-refractivity contribution in [3.05, 3.63) is 24.3 Å². The Balaban J connectivity index is 0.00000256. The maximum Gasteiger partial charge on any atom is 0.222 e. The fourth-order valence-corrected chi connectivity index (χ4v) is 1.80. The van der Waals surface area contributed by atoms with Crippen LogP contribution in [0.5, 0.6) is 0 Å². The number of aliphatic hydroxyl groups excluding tert-OH is 1. The van der Waals surface area contributed by atoms with Gasteiger partial charge in [0.1, 0.15) is 0 Å². The second kappa shape index (κ2) is 8.77. The number of hydrogen-bond acceptors (Lipinski definition) is 4. The number of nitrogens with one attached hydrogen (secondary N) is 1. The molecule has 0 saturated carbocycles. The minimum atomic E-state index is -2.62. The standard InChI is InChI=1S/C10H16N2O3S.Na/c1-2-12(7-8-13)10-5-3-9(4-6-10)11-16(14)15;/h3-6,13,16H,2,7-8H2,1H3,(H,11,14,15);. The van der Waals surface area contributed by atoms with Gasteiger partial charge in [0.25, 0.3) is 0 Å². The number of likely N-dealkylation sites (N-methyl/N-ethyl adjacent to an activating group) is 1. The summed E-state index contributed by atoms with van der Waals surface area (Å²) in [5.41, 5.74) is 1.50. The van der Waals surface area contributed by atoms with Crippen molar-refractivity contribution in [1.82, 2.24) is 0 Å². The van der Waals surface area contributed by atoms with Crippen molar-refractivity contribution in [3.8, 4) is 0 Å². The van der Waals surface area contributed by atoms with E-state index in [4.69, 9.17) is 5.11 Å². The predicted octanol–water partition coefficient (Wildman–Crippen LogP) is 0.0627. The summed E-state index contributed by atoms with van der Waals surface area (Å²) in [6.07, 6.45) is 0. The molecule has 17 heavy (non-hydrogen) atoms. The first-order valence-corrected chi connectivity index (χ1v) is 6.22. The molecule has 0 aliphatic rings. The molecular formula is C10H16N2NaO3S. The van der Waals surface area contributed by atoms with Crippen molar-refractivity contribution in [3.63, 3.8) is 0 Å². The Morgan fingerprint density at radius 3 is 2.29 bits per heavy atom. The van der Waals surface area contributed by atoms with Crippen LogP contribution in [0.2, 0.25) is 0 Å². The van der Waals surface area contributed by atoms with E-state index in [0.29, 0.717) is 12.2 Å². The van der Waals surface area contributed by atoms with Crippen molar-refractivity contribution < 1.29 is 13.5 Å². The molecule has 1 rings (SSSR count). The molecule has 1 radical (unpaired) electrons. The van der Waals surface area contributed by atoms with Crippen molar-refractivity contribution in [2.75, 3.05) is 29.3 Å². The average molecular weight is 267 g/mol. The Morgan fingerprint density at radius 1 is 1.29 bits per heavy atom. The zero-order chi connectivity index (χ0) is 12.0. The summed E-state index contributed by atoms with van der Waals surface area (Å²) in [4.78, 5) is 2.00. The van der Waals surface area contributed by atoms with E-state index in [9.17, 15) is 8.42 Å². The van der Waals surface area contributed by atoms with E-state index >= 15 is 0 Å². The summed E-state index contributed by atoms with van der Waals surface area (Å²) >= 11 is 0. The van der Waals surface area contributed by atoms with Crippen molar-refractivity contribution in [2.24, 2.45) is 0 Å². The van der Waals surface area contributed by atoms with Crippen LogP contribution in [-0.4, -0.2) is 62.8 Å². The van der Waals surface area contributed by atoms with Gasteiger partial charge in [-0.15, -0.1) is 0 Å². The number of nitrogens with zero attached hydrogens (tertiary/aromatic N) is 1. The Labute approximate surface area is 125 Å². The van der Waals surface area contributed by atoms with Crippen LogP contribution >= 0.6 is 0 Å². The van der Waals surface area contributed by atoms with E-state index in [0.717, 1.165) is 12.2 Å². The molecule has 0 heterocycles. The summed E-state index contributed by atoms with van der Waals surface area (Å²) in [5.74, 6) is 0. The topological polar surface area (TPSA) is 69.6 Å². The van der Waals surface area contributed by atoms with Crippen LogP contribution in [0.3, 0.4) is 0 Å². The van der Waals surface area contributed by atoms with Gasteiger partial charge in [-0.05, 0) is 31.2 Å². The monoisotopic (exact) mass is 267 g/mol. The van der Waals surface area contributed by atoms with Crippen LogP contribution in [0.15, 0.2) is 24.3 Å². The van der Waals surface area contributed by atoms with Gasteiger partial charge in [0.05, 0.1) is 6.61 Å². The summed E-state index contributed by atoms with van der Waals surface area (Å²) in [5, 5.41) is 8.87. The molecular weight excluding hydrogens is 251 g/mol. The molecule has 91 valence electrons. The molecule has 0 atom stereocenters. The Morgan fingerprint density at radius 2 is 1.88 bits per heavy atom. The normalized spacial score (nSPS) is 9.82. The minimum Gasteiger partial charge on any atom is -0.395 e. The van der Waals surface area contributed by atoms with Crippen LogP contribution < -0.4 is 9.62 Å². The van der Waals surface area contributed by atoms with Crippen LogP contribution in [0.25, 0.3) is 0 Å². The summed E-state index contributed by atoms with van der Waals surface area (Å²) in [6, 6.07) is 7.03. The van der Waals surface area contributed by atoms with E-state index in [2.05, 4.69) is 4.72 Å². The molecule has 0 saturated heterocycles. The molecule has 0 aliphatic heterocycles. The average Bonchev–Trinajstić information content (AvgIpc) is 2.26. The summed E-state index contributed by atoms with van der Waals surface area (Å²) in [7, 11) is -2.62. The van der Waals surface area contributed by atoms with Gasteiger partial charge >= 0.3 is 0 Å². The molecule has 2 N–H and O–H groups in total. The van der Waals surface area contributed by atoms with Crippen LogP contribution in [0.1, 0.15) is 6.92 Å². The third-order valence-electron chi connectivity index (χ3n) is 2.20. The fourth-order valence-electron chi connectivity index (χ4n) is 1.44. The van der Waals surface area contributed by atoms with Gasteiger partial charge in [-0.2, -0.15) is 0 Å². The molecule has 0 aliphatic carbocycles. The second-order valence-electron chi connectivity index (χ2n) is 3.22. The number of benzene rings is 1. The van der Waals surface area contributed by atoms with Gasteiger partial charge in [-0.1, -0.05) is 0 Å². The van der Waals surface area contributed by atoms with E-state index in [1.54, 1.807) is 12.1 Å². The molecule has 0 spiro atoms. The van der Waals surface area contributed by atoms with E-state index < -0.39 is 10.9 Å². The number of anilines is 2. The quantitative estimate of drug-likeness (QED) is 0.504. The number of thiol groups is 1. The van der Waals surface area contributed by atoms with E-state index in [1.807, 2.05) is 24.0 Å². The first-order valence-electron chi connectivity index (χ1n) is 5.04. The second-order valence-corrected chi connectivity index (χ2v) is 3.96. The van der Waals surface area contributed by atoms with Crippen molar-refractivity contribution in [2.45, 2.75) is 6.92 Å². The largest absolute Gasteiger partial charge is 0.395 e. The van der Waals surface area contributed by atoms with Crippen LogP contribution in [-0.2, 0) is 10.9 Å². The number of rotatable bonds is 6. The maximum atomic E-state index is 10.4. The number of aliphatic hydroxyl groups is 1. The molecule has 0 bridgehead atoms. The molecule has 1 aromatic carbocycles. The minimum absolute atomic E-state index is 0. The van der Waals surface area contributed by atoms with Crippen molar-refractivity contribution in [1.29, 1.82) is 0 Å². The molecule has 5 nitrogen and oxygen atoms in total. The molecule has 1 aromatic rings. The number of hydrogen-bond donors (Lipinski definition) is 3. The van der Waals surface area contributed by atoms with Crippen molar-refractivity contribution >= 4 is 51.8 Å². The summed E-state index contributed by atoms with van der Waals surface area (Å²) in [6.45, 7) is 3.46. The third-order valence-corrected chi connectivity index (χ3v) is 2.65. The predicted molar refractivity (Wildman–Crippen MR) is 71.1 cm³/mol. The smallest absolute Gasteiger partial charge is 0.222 e. The molecule has 0 fully saturated rings. The van der Waals surface area contributed by atoms with Gasteiger partial charge in [0.15, 0.2) is 0 Å². The third kappa shape index (κ3) is 5.74. The molecule has 0 aromatic heterocycles. The van der Waals surface area contributed by atoms with Crippen LogP contribution in [0, 0.1) is 0 Å². The van der Waals surface area contributed by atoms with Gasteiger partial charge in [0.2, 0.25) is 10.9 Å². The fraction of sp³-hybridized carbons (Fsp3) is 0.400. The zero-order valence-corrected chi connectivity index (χ0v) is 13.0. The first kappa shape index (κ1) is 16.7. The van der Waals surface area contributed by atoms with Crippen LogP contribution in [0.4, 0.5) is 11.4 Å². The Kier molecular flexibility index (Phi) is 8.63. The van der Waals surface area contributed by atoms with Gasteiger partial charge in [-0.25, -0.2) is 8.42 Å². The Bertz CT molecular complexity index is 387. The van der Waals surface area contributed by atoms with E-state index in [1.165, 1.54) is 0 Å². The molecule has 7 heteroatoms. The maximum absolute atomic E-state index is 10.4. The summed E-state index contributed by atoms with van der Waals surface area (Å²) < 4.78 is 23.2. The Hall–Kier alpha value is -0.270. The SMILES string of the molecule is CCN(CCO)c1ccc(N[SH](=O)=O)cc1.[Na].